The zero-order valence-electron chi connectivity index (χ0n) is 10.9. The van der Waals surface area contributed by atoms with Crippen LogP contribution in [0.2, 0.25) is 0 Å². The van der Waals surface area contributed by atoms with Gasteiger partial charge in [-0.3, -0.25) is 0 Å². The van der Waals surface area contributed by atoms with E-state index >= 15 is 0 Å². The van der Waals surface area contributed by atoms with E-state index in [9.17, 15) is 8.42 Å². The van der Waals surface area contributed by atoms with Crippen molar-refractivity contribution in [3.05, 3.63) is 48.6 Å². The van der Waals surface area contributed by atoms with E-state index in [1.807, 2.05) is 6.07 Å². The van der Waals surface area contributed by atoms with E-state index in [1.165, 1.54) is 6.07 Å². The fourth-order valence-corrected chi connectivity index (χ4v) is 3.23. The highest BCUT2D eigenvalue weighted by atomic mass is 32.2. The largest absolute Gasteiger partial charge is 0.398 e. The number of nitrogens with two attached hydrogens (primary N) is 1. The summed E-state index contributed by atoms with van der Waals surface area (Å²) in [6.07, 6.45) is 1.14. The normalized spacial score (nSPS) is 11.8. The Labute approximate surface area is 120 Å². The van der Waals surface area contributed by atoms with Crippen LogP contribution in [0.5, 0.6) is 0 Å². The van der Waals surface area contributed by atoms with Gasteiger partial charge in [-0.1, -0.05) is 29.4 Å². The third-order valence-electron chi connectivity index (χ3n) is 3.03. The monoisotopic (exact) mass is 304 g/mol. The van der Waals surface area contributed by atoms with Crippen molar-refractivity contribution in [1.29, 1.82) is 0 Å². The lowest BCUT2D eigenvalue weighted by Crippen LogP contribution is -2.24. The molecule has 0 fully saturated rings. The van der Waals surface area contributed by atoms with Gasteiger partial charge in [-0.05, 0) is 12.1 Å². The number of aromatic nitrogens is 2. The highest BCUT2D eigenvalue weighted by molar-refractivity contribution is 7.89. The van der Waals surface area contributed by atoms with Crippen LogP contribution in [0.25, 0.3) is 10.8 Å². The molecule has 108 valence electrons. The summed E-state index contributed by atoms with van der Waals surface area (Å²) in [6.45, 7) is -0.0441. The van der Waals surface area contributed by atoms with Gasteiger partial charge in [-0.25, -0.2) is 13.1 Å². The molecule has 3 rings (SSSR count). The van der Waals surface area contributed by atoms with E-state index in [-0.39, 0.29) is 17.3 Å². The molecule has 0 aliphatic heterocycles. The average molecular weight is 304 g/mol. The summed E-state index contributed by atoms with van der Waals surface area (Å²) in [5.41, 5.74) is 6.40. The van der Waals surface area contributed by atoms with Crippen LogP contribution in [0.3, 0.4) is 0 Å². The van der Waals surface area contributed by atoms with Crippen LogP contribution >= 0.6 is 0 Å². The standard InChI is InChI=1S/C13H12N4O3S/c14-11-5-6-12(10-4-2-1-3-9(10)11)21(18,19)16-7-13-15-8-20-17-13/h1-6,8,16H,7,14H2. The maximum absolute atomic E-state index is 12.4. The van der Waals surface area contributed by atoms with E-state index in [4.69, 9.17) is 5.73 Å². The molecule has 7 nitrogen and oxygen atoms in total. The van der Waals surface area contributed by atoms with Crippen LogP contribution in [0, 0.1) is 0 Å². The first-order chi connectivity index (χ1) is 10.1. The van der Waals surface area contributed by atoms with E-state index < -0.39 is 10.0 Å². The Hall–Kier alpha value is -2.45. The van der Waals surface area contributed by atoms with Gasteiger partial charge in [0.05, 0.1) is 11.4 Å². The maximum atomic E-state index is 12.4. The molecule has 2 aromatic carbocycles. The van der Waals surface area contributed by atoms with Crippen LogP contribution in [0.15, 0.2) is 52.2 Å². The first kappa shape index (κ1) is 13.5. The highest BCUT2D eigenvalue weighted by Crippen LogP contribution is 2.27. The molecule has 0 saturated heterocycles. The first-order valence-corrected chi connectivity index (χ1v) is 7.58. The molecule has 0 spiro atoms. The predicted molar refractivity (Wildman–Crippen MR) is 76.7 cm³/mol. The van der Waals surface area contributed by atoms with Gasteiger partial charge in [0.2, 0.25) is 16.4 Å². The molecule has 3 aromatic rings. The Morgan fingerprint density at radius 3 is 2.62 bits per heavy atom. The first-order valence-electron chi connectivity index (χ1n) is 6.10. The molecule has 0 atom stereocenters. The number of hydrogen-bond acceptors (Lipinski definition) is 6. The minimum absolute atomic E-state index is 0.0441. The number of sulfonamides is 1. The van der Waals surface area contributed by atoms with E-state index in [1.54, 1.807) is 24.3 Å². The van der Waals surface area contributed by atoms with Gasteiger partial charge in [0, 0.05) is 16.5 Å². The van der Waals surface area contributed by atoms with Crippen molar-refractivity contribution in [1.82, 2.24) is 14.9 Å². The van der Waals surface area contributed by atoms with Crippen molar-refractivity contribution in [3.63, 3.8) is 0 Å². The van der Waals surface area contributed by atoms with E-state index in [0.29, 0.717) is 16.5 Å². The van der Waals surface area contributed by atoms with Gasteiger partial charge < -0.3 is 10.3 Å². The Bertz CT molecular complexity index is 876. The van der Waals surface area contributed by atoms with Crippen molar-refractivity contribution in [2.75, 3.05) is 5.73 Å². The van der Waals surface area contributed by atoms with Crippen LogP contribution in [-0.4, -0.2) is 18.6 Å². The molecule has 0 bridgehead atoms. The lowest BCUT2D eigenvalue weighted by Gasteiger charge is -2.10. The van der Waals surface area contributed by atoms with Gasteiger partial charge in [0.15, 0.2) is 5.82 Å². The molecule has 0 saturated carbocycles. The summed E-state index contributed by atoms with van der Waals surface area (Å²) >= 11 is 0. The second kappa shape index (κ2) is 5.15. The Balaban J connectivity index is 2.01. The van der Waals surface area contributed by atoms with Crippen molar-refractivity contribution in [2.45, 2.75) is 11.4 Å². The Kier molecular flexibility index (Phi) is 3.32. The zero-order chi connectivity index (χ0) is 14.9. The molecule has 0 amide bonds. The predicted octanol–water partition coefficient (Wildman–Crippen LogP) is 1.28. The minimum Gasteiger partial charge on any atom is -0.398 e. The molecule has 0 radical (unpaired) electrons. The van der Waals surface area contributed by atoms with E-state index in [0.717, 1.165) is 6.39 Å². The SMILES string of the molecule is Nc1ccc(S(=O)(=O)NCc2ncon2)c2ccccc12. The number of rotatable bonds is 4. The summed E-state index contributed by atoms with van der Waals surface area (Å²) in [5, 5.41) is 4.82. The number of fused-ring (bicyclic) bond motifs is 1. The minimum atomic E-state index is -3.71. The molecule has 8 heteroatoms. The average Bonchev–Trinajstić information content (AvgIpc) is 2.99. The number of nitrogens with zero attached hydrogens (tertiary/aromatic N) is 2. The summed E-state index contributed by atoms with van der Waals surface area (Å²) in [5.74, 6) is 0.262. The topological polar surface area (TPSA) is 111 Å². The third-order valence-corrected chi connectivity index (χ3v) is 4.49. The van der Waals surface area contributed by atoms with Crippen molar-refractivity contribution in [3.8, 4) is 0 Å². The molecule has 1 aromatic heterocycles. The Morgan fingerprint density at radius 2 is 1.90 bits per heavy atom. The number of anilines is 1. The second-order valence-electron chi connectivity index (χ2n) is 4.37. The number of nitrogens with one attached hydrogen (secondary N) is 1. The molecular weight excluding hydrogens is 292 g/mol. The summed E-state index contributed by atoms with van der Waals surface area (Å²) in [7, 11) is -3.71. The third kappa shape index (κ3) is 2.58. The van der Waals surface area contributed by atoms with E-state index in [2.05, 4.69) is 19.4 Å². The molecule has 1 heterocycles. The van der Waals surface area contributed by atoms with Gasteiger partial charge >= 0.3 is 0 Å². The highest BCUT2D eigenvalue weighted by Gasteiger charge is 2.18. The Morgan fingerprint density at radius 1 is 1.14 bits per heavy atom. The van der Waals surface area contributed by atoms with Crippen molar-refractivity contribution < 1.29 is 12.9 Å². The second-order valence-corrected chi connectivity index (χ2v) is 6.11. The zero-order valence-corrected chi connectivity index (χ0v) is 11.7. The van der Waals surface area contributed by atoms with Crippen LogP contribution in [-0.2, 0) is 16.6 Å². The van der Waals surface area contributed by atoms with Gasteiger partial charge in [-0.2, -0.15) is 4.98 Å². The molecule has 0 aliphatic rings. The van der Waals surface area contributed by atoms with Crippen LogP contribution in [0.1, 0.15) is 5.82 Å². The van der Waals surface area contributed by atoms with Gasteiger partial charge in [-0.15, -0.1) is 0 Å². The molecule has 0 aliphatic carbocycles. The molecule has 3 N–H and O–H groups in total. The van der Waals surface area contributed by atoms with Crippen LogP contribution < -0.4 is 10.5 Å². The molecular formula is C13H12N4O3S. The van der Waals surface area contributed by atoms with Gasteiger partial charge in [0.25, 0.3) is 0 Å². The number of nitrogen functional groups attached to an aromatic ring is 1. The lowest BCUT2D eigenvalue weighted by atomic mass is 10.1. The summed E-state index contributed by atoms with van der Waals surface area (Å²) < 4.78 is 31.8. The summed E-state index contributed by atoms with van der Waals surface area (Å²) in [6, 6.07) is 10.1. The van der Waals surface area contributed by atoms with Crippen molar-refractivity contribution >= 4 is 26.5 Å². The molecule has 0 unspecified atom stereocenters. The number of benzene rings is 2. The lowest BCUT2D eigenvalue weighted by molar-refractivity contribution is 0.409. The fraction of sp³-hybridized carbons (Fsp3) is 0.0769. The quantitative estimate of drug-likeness (QED) is 0.702. The van der Waals surface area contributed by atoms with Gasteiger partial charge in [0.1, 0.15) is 0 Å². The maximum Gasteiger partial charge on any atom is 0.241 e. The fourth-order valence-electron chi connectivity index (χ4n) is 2.04. The summed E-state index contributed by atoms with van der Waals surface area (Å²) in [4.78, 5) is 3.93. The molecule has 21 heavy (non-hydrogen) atoms. The number of hydrogen-bond donors (Lipinski definition) is 2. The smallest absolute Gasteiger partial charge is 0.241 e. The van der Waals surface area contributed by atoms with Crippen LogP contribution in [0.4, 0.5) is 5.69 Å². The van der Waals surface area contributed by atoms with Crippen molar-refractivity contribution in [2.24, 2.45) is 0 Å².